The van der Waals surface area contributed by atoms with Crippen molar-refractivity contribution in [1.29, 1.82) is 0 Å². The molecule has 1 aliphatic heterocycles. The lowest BCUT2D eigenvalue weighted by molar-refractivity contribution is 0.870. The fourth-order valence-electron chi connectivity index (χ4n) is 1.62. The summed E-state index contributed by atoms with van der Waals surface area (Å²) in [6.45, 7) is 6.43. The first-order valence-electron chi connectivity index (χ1n) is 4.70. The van der Waals surface area contributed by atoms with Crippen molar-refractivity contribution in [3.8, 4) is 0 Å². The van der Waals surface area contributed by atoms with Crippen LogP contribution in [-0.4, -0.2) is 10.7 Å². The Morgan fingerprint density at radius 2 is 2.15 bits per heavy atom. The van der Waals surface area contributed by atoms with Gasteiger partial charge in [0.25, 0.3) is 0 Å². The van der Waals surface area contributed by atoms with Gasteiger partial charge in [-0.2, -0.15) is 0 Å². The number of hydrogen-bond donors (Lipinski definition) is 0. The summed E-state index contributed by atoms with van der Waals surface area (Å²) in [4.78, 5) is 8.86. The number of pyridine rings is 1. The summed E-state index contributed by atoms with van der Waals surface area (Å²) in [6.07, 6.45) is 2.83. The number of nitrogens with zero attached hydrogens (tertiary/aromatic N) is 2. The van der Waals surface area contributed by atoms with E-state index in [0.717, 1.165) is 17.8 Å². The summed E-state index contributed by atoms with van der Waals surface area (Å²) < 4.78 is 0. The van der Waals surface area contributed by atoms with E-state index in [4.69, 9.17) is 0 Å². The van der Waals surface area contributed by atoms with Crippen molar-refractivity contribution < 1.29 is 0 Å². The molecule has 0 bridgehead atoms. The molecule has 1 aromatic heterocycles. The Morgan fingerprint density at radius 1 is 1.38 bits per heavy atom. The molecular weight excluding hydrogens is 160 g/mol. The van der Waals surface area contributed by atoms with Crippen LogP contribution >= 0.6 is 0 Å². The average Bonchev–Trinajstić information content (AvgIpc) is 2.49. The zero-order valence-electron chi connectivity index (χ0n) is 8.33. The quantitative estimate of drug-likeness (QED) is 0.642. The molecule has 2 rings (SSSR count). The number of aromatic nitrogens is 1. The van der Waals surface area contributed by atoms with E-state index in [1.807, 2.05) is 12.3 Å². The highest BCUT2D eigenvalue weighted by atomic mass is 14.8. The van der Waals surface area contributed by atoms with E-state index in [2.05, 4.69) is 30.7 Å². The Balaban J connectivity index is 2.41. The van der Waals surface area contributed by atoms with Crippen LogP contribution in [0.1, 0.15) is 25.1 Å². The predicted octanol–water partition coefficient (Wildman–Crippen LogP) is 2.67. The van der Waals surface area contributed by atoms with Crippen LogP contribution in [0.4, 0.5) is 5.69 Å². The van der Waals surface area contributed by atoms with Gasteiger partial charge in [-0.25, -0.2) is 0 Å². The second-order valence-corrected chi connectivity index (χ2v) is 3.83. The highest BCUT2D eigenvalue weighted by Gasteiger charge is 2.18. The molecule has 0 amide bonds. The Labute approximate surface area is 78.7 Å². The molecule has 2 heterocycles. The van der Waals surface area contributed by atoms with Crippen molar-refractivity contribution >= 4 is 11.4 Å². The second-order valence-electron chi connectivity index (χ2n) is 3.83. The van der Waals surface area contributed by atoms with E-state index in [0.29, 0.717) is 5.92 Å². The highest BCUT2D eigenvalue weighted by Crippen LogP contribution is 2.29. The fourth-order valence-corrected chi connectivity index (χ4v) is 1.62. The van der Waals surface area contributed by atoms with Crippen LogP contribution in [0.15, 0.2) is 17.3 Å². The lowest BCUT2D eigenvalue weighted by atomic mass is 10.0. The molecule has 0 aliphatic carbocycles. The van der Waals surface area contributed by atoms with Gasteiger partial charge in [-0.05, 0) is 18.9 Å². The molecule has 0 saturated carbocycles. The molecular formula is C11H14N2. The molecule has 13 heavy (non-hydrogen) atoms. The van der Waals surface area contributed by atoms with Gasteiger partial charge in [-0.15, -0.1) is 0 Å². The summed E-state index contributed by atoms with van der Waals surface area (Å²) in [7, 11) is 0. The number of aliphatic imine (C=N–C) groups is 1. The lowest BCUT2D eigenvalue weighted by Gasteiger charge is -2.02. The van der Waals surface area contributed by atoms with Crippen LogP contribution in [0, 0.1) is 12.8 Å². The topological polar surface area (TPSA) is 25.2 Å². The monoisotopic (exact) mass is 174 g/mol. The highest BCUT2D eigenvalue weighted by molar-refractivity contribution is 5.95. The summed E-state index contributed by atoms with van der Waals surface area (Å²) in [5, 5.41) is 0. The smallest absolute Gasteiger partial charge is 0.0698 e. The lowest BCUT2D eigenvalue weighted by Crippen LogP contribution is -2.07. The Morgan fingerprint density at radius 3 is 2.77 bits per heavy atom. The predicted molar refractivity (Wildman–Crippen MR) is 54.6 cm³/mol. The second kappa shape index (κ2) is 2.95. The summed E-state index contributed by atoms with van der Waals surface area (Å²) in [5.74, 6) is 0.548. The number of hydrogen-bond acceptors (Lipinski definition) is 2. The van der Waals surface area contributed by atoms with Crippen molar-refractivity contribution in [2.45, 2.75) is 27.2 Å². The third kappa shape index (κ3) is 1.37. The van der Waals surface area contributed by atoms with E-state index in [-0.39, 0.29) is 0 Å². The fraction of sp³-hybridized carbons (Fsp3) is 0.455. The van der Waals surface area contributed by atoms with Crippen LogP contribution in [-0.2, 0) is 6.42 Å². The summed E-state index contributed by atoms with van der Waals surface area (Å²) >= 11 is 0. The standard InChI is InChI=1S/C11H14N2/c1-7(2)11-6-9-8(3)12-5-4-10(9)13-11/h4-5,7H,6H2,1-3H3. The van der Waals surface area contributed by atoms with E-state index in [9.17, 15) is 0 Å². The maximum absolute atomic E-state index is 4.59. The van der Waals surface area contributed by atoms with E-state index < -0.39 is 0 Å². The minimum Gasteiger partial charge on any atom is -0.261 e. The van der Waals surface area contributed by atoms with Crippen LogP contribution in [0.25, 0.3) is 0 Å². The Hall–Kier alpha value is -1.18. The maximum atomic E-state index is 4.59. The van der Waals surface area contributed by atoms with Crippen LogP contribution in [0.5, 0.6) is 0 Å². The van der Waals surface area contributed by atoms with Crippen molar-refractivity contribution in [2.24, 2.45) is 10.9 Å². The van der Waals surface area contributed by atoms with Crippen molar-refractivity contribution in [3.63, 3.8) is 0 Å². The minimum absolute atomic E-state index is 0.548. The maximum Gasteiger partial charge on any atom is 0.0698 e. The van der Waals surface area contributed by atoms with Crippen LogP contribution < -0.4 is 0 Å². The van der Waals surface area contributed by atoms with E-state index in [1.165, 1.54) is 11.3 Å². The van der Waals surface area contributed by atoms with Crippen molar-refractivity contribution in [2.75, 3.05) is 0 Å². The van der Waals surface area contributed by atoms with Gasteiger partial charge >= 0.3 is 0 Å². The molecule has 0 fully saturated rings. The largest absolute Gasteiger partial charge is 0.261 e. The third-order valence-corrected chi connectivity index (χ3v) is 2.53. The van der Waals surface area contributed by atoms with Gasteiger partial charge in [-0.3, -0.25) is 9.98 Å². The number of aryl methyl sites for hydroxylation is 1. The van der Waals surface area contributed by atoms with Gasteiger partial charge in [0.1, 0.15) is 0 Å². The molecule has 68 valence electrons. The molecule has 2 nitrogen and oxygen atoms in total. The first-order valence-corrected chi connectivity index (χ1v) is 4.70. The Kier molecular flexibility index (Phi) is 1.91. The molecule has 0 atom stereocenters. The molecule has 0 radical (unpaired) electrons. The molecule has 2 heteroatoms. The van der Waals surface area contributed by atoms with E-state index in [1.54, 1.807) is 0 Å². The van der Waals surface area contributed by atoms with Gasteiger partial charge in [-0.1, -0.05) is 13.8 Å². The average molecular weight is 174 g/mol. The SMILES string of the molecule is Cc1nccc2c1CC(C(C)C)=N2. The first-order chi connectivity index (χ1) is 6.18. The normalized spacial score (nSPS) is 14.6. The van der Waals surface area contributed by atoms with Crippen molar-refractivity contribution in [3.05, 3.63) is 23.5 Å². The molecule has 0 N–H and O–H groups in total. The first kappa shape index (κ1) is 8.42. The molecule has 1 aliphatic rings. The molecule has 0 saturated heterocycles. The molecule has 1 aromatic rings. The Bertz CT molecular complexity index is 364. The van der Waals surface area contributed by atoms with Gasteiger partial charge in [0.2, 0.25) is 0 Å². The van der Waals surface area contributed by atoms with Gasteiger partial charge in [0.15, 0.2) is 0 Å². The molecule has 0 unspecified atom stereocenters. The van der Waals surface area contributed by atoms with Gasteiger partial charge < -0.3 is 0 Å². The van der Waals surface area contributed by atoms with Crippen LogP contribution in [0.3, 0.4) is 0 Å². The van der Waals surface area contributed by atoms with Gasteiger partial charge in [0, 0.05) is 29.6 Å². The molecule has 0 spiro atoms. The van der Waals surface area contributed by atoms with Crippen molar-refractivity contribution in [1.82, 2.24) is 4.98 Å². The van der Waals surface area contributed by atoms with Crippen LogP contribution in [0.2, 0.25) is 0 Å². The number of rotatable bonds is 1. The summed E-state index contributed by atoms with van der Waals surface area (Å²) in [5.41, 5.74) is 4.84. The third-order valence-electron chi connectivity index (χ3n) is 2.53. The minimum atomic E-state index is 0.548. The van der Waals surface area contributed by atoms with Gasteiger partial charge in [0.05, 0.1) is 5.69 Å². The number of fused-ring (bicyclic) bond motifs is 1. The summed E-state index contributed by atoms with van der Waals surface area (Å²) in [6, 6.07) is 2.00. The zero-order chi connectivity index (χ0) is 9.42. The molecule has 0 aromatic carbocycles. The van der Waals surface area contributed by atoms with E-state index >= 15 is 0 Å². The zero-order valence-corrected chi connectivity index (χ0v) is 8.33.